The summed E-state index contributed by atoms with van der Waals surface area (Å²) >= 11 is 0. The highest BCUT2D eigenvalue weighted by molar-refractivity contribution is 4.96. The zero-order chi connectivity index (χ0) is 10.4. The Morgan fingerprint density at radius 2 is 1.54 bits per heavy atom. The van der Waals surface area contributed by atoms with Crippen molar-refractivity contribution >= 4 is 0 Å². The lowest BCUT2D eigenvalue weighted by Crippen LogP contribution is -2.34. The highest BCUT2D eigenvalue weighted by atomic mass is 14.9. The van der Waals surface area contributed by atoms with Crippen molar-refractivity contribution < 1.29 is 0 Å². The van der Waals surface area contributed by atoms with Gasteiger partial charge in [-0.05, 0) is 31.2 Å². The Kier molecular flexibility index (Phi) is 5.82. The number of rotatable bonds is 5. The van der Waals surface area contributed by atoms with E-state index in [-0.39, 0.29) is 6.04 Å². The molecule has 0 rings (SSSR count). The molecule has 0 heterocycles. The largest absolute Gasteiger partial charge is 0.304 e. The molecule has 0 aromatic heterocycles. The molecule has 0 aliphatic heterocycles. The van der Waals surface area contributed by atoms with Crippen molar-refractivity contribution in [2.45, 2.75) is 40.7 Å². The minimum Gasteiger partial charge on any atom is -0.304 e. The van der Waals surface area contributed by atoms with Gasteiger partial charge in [0, 0.05) is 0 Å². The van der Waals surface area contributed by atoms with Crippen molar-refractivity contribution in [2.75, 3.05) is 6.54 Å². The van der Waals surface area contributed by atoms with Crippen molar-refractivity contribution in [3.8, 4) is 12.3 Å². The van der Waals surface area contributed by atoms with E-state index in [4.69, 9.17) is 6.42 Å². The molecule has 1 N–H and O–H groups in total. The van der Waals surface area contributed by atoms with Gasteiger partial charge in [0.1, 0.15) is 0 Å². The fourth-order valence-corrected chi connectivity index (χ4v) is 1.61. The number of nitrogens with one attached hydrogen (secondary N) is 1. The second-order valence-corrected chi connectivity index (χ2v) is 4.45. The molecule has 76 valence electrons. The van der Waals surface area contributed by atoms with Crippen LogP contribution in [0.25, 0.3) is 0 Å². The zero-order valence-corrected chi connectivity index (χ0v) is 9.59. The fourth-order valence-electron chi connectivity index (χ4n) is 1.61. The highest BCUT2D eigenvalue weighted by Gasteiger charge is 2.17. The minimum absolute atomic E-state index is 0.194. The second kappa shape index (κ2) is 6.05. The lowest BCUT2D eigenvalue weighted by Gasteiger charge is -2.25. The van der Waals surface area contributed by atoms with Gasteiger partial charge in [-0.25, -0.2) is 0 Å². The highest BCUT2D eigenvalue weighted by Crippen LogP contribution is 2.19. The Bertz CT molecular complexity index is 156. The number of hydrogen-bond donors (Lipinski definition) is 1. The van der Waals surface area contributed by atoms with Crippen LogP contribution in [0.1, 0.15) is 34.6 Å². The zero-order valence-electron chi connectivity index (χ0n) is 9.59. The summed E-state index contributed by atoms with van der Waals surface area (Å²) in [5.41, 5.74) is 0. The maximum Gasteiger partial charge on any atom is 0.0658 e. The summed E-state index contributed by atoms with van der Waals surface area (Å²) in [6, 6.07) is 0.194. The van der Waals surface area contributed by atoms with Gasteiger partial charge >= 0.3 is 0 Å². The molecule has 0 amide bonds. The SMILES string of the molecule is C#CC(C)NCC(C(C)C)C(C)C. The quantitative estimate of drug-likeness (QED) is 0.643. The van der Waals surface area contributed by atoms with E-state index in [0.717, 1.165) is 24.3 Å². The van der Waals surface area contributed by atoms with Crippen LogP contribution in [0.3, 0.4) is 0 Å². The summed E-state index contributed by atoms with van der Waals surface area (Å²) in [4.78, 5) is 0. The maximum atomic E-state index is 5.30. The van der Waals surface area contributed by atoms with Crippen LogP contribution in [0.2, 0.25) is 0 Å². The molecule has 0 bridgehead atoms. The van der Waals surface area contributed by atoms with Crippen LogP contribution in [0.5, 0.6) is 0 Å². The molecule has 0 saturated heterocycles. The van der Waals surface area contributed by atoms with Gasteiger partial charge in [0.05, 0.1) is 6.04 Å². The average molecular weight is 181 g/mol. The van der Waals surface area contributed by atoms with Gasteiger partial charge in [0.15, 0.2) is 0 Å². The number of hydrogen-bond acceptors (Lipinski definition) is 1. The first-order valence-corrected chi connectivity index (χ1v) is 5.18. The maximum absolute atomic E-state index is 5.30. The first-order valence-electron chi connectivity index (χ1n) is 5.18. The summed E-state index contributed by atoms with van der Waals surface area (Å²) in [6.45, 7) is 12.1. The summed E-state index contributed by atoms with van der Waals surface area (Å²) < 4.78 is 0. The smallest absolute Gasteiger partial charge is 0.0658 e. The van der Waals surface area contributed by atoms with Crippen molar-refractivity contribution in [3.63, 3.8) is 0 Å². The summed E-state index contributed by atoms with van der Waals surface area (Å²) in [5.74, 6) is 4.85. The molecule has 0 saturated carbocycles. The fraction of sp³-hybridized carbons (Fsp3) is 0.833. The third-order valence-corrected chi connectivity index (χ3v) is 2.62. The first-order chi connectivity index (χ1) is 5.99. The van der Waals surface area contributed by atoms with Gasteiger partial charge < -0.3 is 5.32 Å². The van der Waals surface area contributed by atoms with Crippen LogP contribution in [0.15, 0.2) is 0 Å². The lowest BCUT2D eigenvalue weighted by atomic mass is 9.85. The Balaban J connectivity index is 3.92. The van der Waals surface area contributed by atoms with E-state index in [2.05, 4.69) is 38.9 Å². The van der Waals surface area contributed by atoms with Gasteiger partial charge in [-0.1, -0.05) is 33.6 Å². The van der Waals surface area contributed by atoms with Crippen molar-refractivity contribution in [2.24, 2.45) is 17.8 Å². The monoisotopic (exact) mass is 181 g/mol. The summed E-state index contributed by atoms with van der Waals surface area (Å²) in [5, 5.41) is 3.36. The molecule has 0 aliphatic carbocycles. The van der Waals surface area contributed by atoms with Gasteiger partial charge in [-0.3, -0.25) is 0 Å². The molecule has 0 radical (unpaired) electrons. The van der Waals surface area contributed by atoms with Crippen LogP contribution in [-0.4, -0.2) is 12.6 Å². The molecule has 1 heteroatoms. The van der Waals surface area contributed by atoms with Crippen molar-refractivity contribution in [1.29, 1.82) is 0 Å². The minimum atomic E-state index is 0.194. The molecule has 0 spiro atoms. The third kappa shape index (κ3) is 4.95. The van der Waals surface area contributed by atoms with Gasteiger partial charge in [-0.15, -0.1) is 6.42 Å². The molecule has 0 aromatic carbocycles. The van der Waals surface area contributed by atoms with Crippen LogP contribution >= 0.6 is 0 Å². The molecule has 0 aromatic rings. The van der Waals surface area contributed by atoms with E-state index in [1.54, 1.807) is 0 Å². The Hall–Kier alpha value is -0.480. The Morgan fingerprint density at radius 1 is 1.08 bits per heavy atom. The van der Waals surface area contributed by atoms with E-state index >= 15 is 0 Å². The molecular weight excluding hydrogens is 158 g/mol. The molecule has 0 aliphatic rings. The Labute approximate surface area is 83.3 Å². The van der Waals surface area contributed by atoms with Crippen LogP contribution in [0.4, 0.5) is 0 Å². The summed E-state index contributed by atoms with van der Waals surface area (Å²) in [7, 11) is 0. The molecule has 1 atom stereocenters. The van der Waals surface area contributed by atoms with E-state index in [9.17, 15) is 0 Å². The van der Waals surface area contributed by atoms with Gasteiger partial charge in [0.2, 0.25) is 0 Å². The van der Waals surface area contributed by atoms with E-state index in [1.807, 2.05) is 6.92 Å². The standard InChI is InChI=1S/C12H23N/c1-7-11(6)13-8-12(9(2)3)10(4)5/h1,9-13H,8H2,2-6H3. The Morgan fingerprint density at radius 3 is 1.85 bits per heavy atom. The third-order valence-electron chi connectivity index (χ3n) is 2.62. The lowest BCUT2D eigenvalue weighted by molar-refractivity contribution is 0.273. The van der Waals surface area contributed by atoms with E-state index in [0.29, 0.717) is 0 Å². The van der Waals surface area contributed by atoms with Crippen LogP contribution in [0, 0.1) is 30.1 Å². The molecular formula is C12H23N. The van der Waals surface area contributed by atoms with E-state index in [1.165, 1.54) is 0 Å². The first kappa shape index (κ1) is 12.5. The van der Waals surface area contributed by atoms with Crippen molar-refractivity contribution in [1.82, 2.24) is 5.32 Å². The number of terminal acetylenes is 1. The molecule has 1 unspecified atom stereocenters. The molecule has 0 fully saturated rings. The second-order valence-electron chi connectivity index (χ2n) is 4.45. The molecule has 1 nitrogen and oxygen atoms in total. The topological polar surface area (TPSA) is 12.0 Å². The predicted molar refractivity (Wildman–Crippen MR) is 59.5 cm³/mol. The van der Waals surface area contributed by atoms with Gasteiger partial charge in [-0.2, -0.15) is 0 Å². The normalized spacial score (nSPS) is 13.8. The van der Waals surface area contributed by atoms with E-state index < -0.39 is 0 Å². The molecule has 13 heavy (non-hydrogen) atoms. The van der Waals surface area contributed by atoms with Crippen molar-refractivity contribution in [3.05, 3.63) is 0 Å². The predicted octanol–water partition coefficient (Wildman–Crippen LogP) is 2.53. The summed E-state index contributed by atoms with van der Waals surface area (Å²) in [6.07, 6.45) is 5.30. The van der Waals surface area contributed by atoms with Gasteiger partial charge in [0.25, 0.3) is 0 Å². The van der Waals surface area contributed by atoms with Crippen LogP contribution in [-0.2, 0) is 0 Å². The average Bonchev–Trinajstić information content (AvgIpc) is 2.03. The van der Waals surface area contributed by atoms with Crippen LogP contribution < -0.4 is 5.32 Å².